The molecule has 0 rings (SSSR count). The zero-order valence-corrected chi connectivity index (χ0v) is 21.2. The molecule has 0 aliphatic rings. The molecule has 7 nitrogen and oxygen atoms in total. The van der Waals surface area contributed by atoms with Gasteiger partial charge in [-0.25, -0.2) is 0 Å². The van der Waals surface area contributed by atoms with Crippen LogP contribution in [0.25, 0.3) is 0 Å². The summed E-state index contributed by atoms with van der Waals surface area (Å²) in [6.07, 6.45) is 0. The molecule has 0 spiro atoms. The standard InChI is InChI=1S/C12H27O4Si.C4H9O.2H2O.Zr/c1-10(2,3)14-17(13,15-11(4,5)6)16-12(7,8)9;1-4(2)3-5;;;/h1-9H3;4H,3H2,1-2H3;2*1H2;/q2*-1;;;+4/p-2. The molecule has 0 aliphatic carbocycles. The first-order chi connectivity index (χ1) is 10.7. The van der Waals surface area contributed by atoms with Crippen LogP contribution in [0.4, 0.5) is 0 Å². The number of rotatable bonds is 8. The molecule has 0 saturated carbocycles. The molecule has 9 heteroatoms. The molecule has 0 saturated heterocycles. The van der Waals surface area contributed by atoms with Gasteiger partial charge < -0.3 is 0 Å². The van der Waals surface area contributed by atoms with Gasteiger partial charge in [0.2, 0.25) is 0 Å². The summed E-state index contributed by atoms with van der Waals surface area (Å²) in [5.41, 5.74) is -2.03. The second kappa shape index (κ2) is 8.88. The van der Waals surface area contributed by atoms with Gasteiger partial charge in [-0.05, 0) is 0 Å². The van der Waals surface area contributed by atoms with Crippen LogP contribution in [0.15, 0.2) is 0 Å². The first-order valence-corrected chi connectivity index (χ1v) is 14.5. The number of hydrogen-bond donors (Lipinski definition) is 2. The van der Waals surface area contributed by atoms with Crippen molar-refractivity contribution in [2.24, 2.45) is 5.92 Å². The van der Waals surface area contributed by atoms with Gasteiger partial charge in [0.25, 0.3) is 0 Å². The normalized spacial score (nSPS) is 15.1. The molecule has 2 N–H and O–H groups in total. The average Bonchev–Trinajstić information content (AvgIpc) is 2.16. The molecule has 0 aromatic rings. The van der Waals surface area contributed by atoms with Crippen molar-refractivity contribution in [3.05, 3.63) is 0 Å². The Bertz CT molecular complexity index is 367. The van der Waals surface area contributed by atoms with E-state index in [9.17, 15) is 6.37 Å². The average molecular weight is 462 g/mol. The van der Waals surface area contributed by atoms with Gasteiger partial charge >= 0.3 is 162 Å². The van der Waals surface area contributed by atoms with E-state index >= 15 is 0 Å². The molecule has 0 radical (unpaired) electrons. The van der Waals surface area contributed by atoms with E-state index in [0.29, 0.717) is 0 Å². The Morgan fingerprint density at radius 1 is 0.760 bits per heavy atom. The first-order valence-electron chi connectivity index (χ1n) is 8.64. The Hall–Kier alpha value is 0.820. The Balaban J connectivity index is 5.79. The van der Waals surface area contributed by atoms with E-state index in [1.807, 2.05) is 76.2 Å². The zero-order chi connectivity index (χ0) is 20.3. The van der Waals surface area contributed by atoms with Crippen molar-refractivity contribution < 1.29 is 47.0 Å². The Labute approximate surface area is 161 Å². The molecular weight excluding hydrogens is 423 g/mol. The van der Waals surface area contributed by atoms with Crippen LogP contribution in [0.2, 0.25) is 0 Å². The van der Waals surface area contributed by atoms with Crippen molar-refractivity contribution in [2.75, 3.05) is 6.61 Å². The van der Waals surface area contributed by atoms with Gasteiger partial charge in [-0.3, -0.25) is 0 Å². The molecule has 25 heavy (non-hydrogen) atoms. The zero-order valence-electron chi connectivity index (χ0n) is 17.7. The summed E-state index contributed by atoms with van der Waals surface area (Å²) >= 11 is -5.35. The predicted molar refractivity (Wildman–Crippen MR) is 94.6 cm³/mol. The van der Waals surface area contributed by atoms with Crippen molar-refractivity contribution in [3.63, 3.8) is 0 Å². The second-order valence-electron chi connectivity index (χ2n) is 9.50. The molecule has 0 aliphatic heterocycles. The molecule has 0 fully saturated rings. The van der Waals surface area contributed by atoms with E-state index in [-0.39, 0.29) is 12.5 Å². The van der Waals surface area contributed by atoms with Crippen LogP contribution in [-0.2, 0) is 40.6 Å². The van der Waals surface area contributed by atoms with Gasteiger partial charge in [0, 0.05) is 0 Å². The van der Waals surface area contributed by atoms with Gasteiger partial charge in [-0.1, -0.05) is 0 Å². The van der Waals surface area contributed by atoms with Crippen LogP contribution in [-0.4, -0.2) is 38.8 Å². The molecule has 152 valence electrons. The molecular formula is C16H38O7SiZr. The maximum absolute atomic E-state index is 10.4. The molecule has 0 heterocycles. The molecule has 0 aromatic carbocycles. The quantitative estimate of drug-likeness (QED) is 0.536. The fourth-order valence-electron chi connectivity index (χ4n) is 1.72. The van der Waals surface area contributed by atoms with Crippen molar-refractivity contribution in [1.82, 2.24) is 0 Å². The van der Waals surface area contributed by atoms with E-state index in [2.05, 4.69) is 0 Å². The summed E-state index contributed by atoms with van der Waals surface area (Å²) in [5, 5.41) is 0. The second-order valence-corrected chi connectivity index (χ2v) is 16.2. The SMILES string of the molecule is CC(C)C[O][Zr]([OH])([OH])[O][Si](OC(C)(C)C)(OC(C)(C)C)OC(C)(C)C. The van der Waals surface area contributed by atoms with E-state index in [1.54, 1.807) is 0 Å². The fraction of sp³-hybridized carbons (Fsp3) is 1.00. The van der Waals surface area contributed by atoms with Crippen molar-refractivity contribution in [1.29, 1.82) is 0 Å². The summed E-state index contributed by atoms with van der Waals surface area (Å²) in [5.74, 6) is 0.130. The first kappa shape index (κ1) is 25.8. The third-order valence-electron chi connectivity index (χ3n) is 2.16. The van der Waals surface area contributed by atoms with Crippen LogP contribution in [0.1, 0.15) is 76.2 Å². The summed E-state index contributed by atoms with van der Waals surface area (Å²) in [7, 11) is -3.94. The van der Waals surface area contributed by atoms with Gasteiger partial charge in [-0.2, -0.15) is 0 Å². The molecule has 0 bridgehead atoms. The molecule has 0 atom stereocenters. The molecule has 0 unspecified atom stereocenters. The molecule has 0 amide bonds. The fourth-order valence-corrected chi connectivity index (χ4v) is 9.71. The summed E-state index contributed by atoms with van der Waals surface area (Å²) in [6, 6.07) is 0. The summed E-state index contributed by atoms with van der Waals surface area (Å²) in [4.78, 5) is 0. The van der Waals surface area contributed by atoms with Crippen LogP contribution < -0.4 is 0 Å². The van der Waals surface area contributed by atoms with Crippen LogP contribution in [0.3, 0.4) is 0 Å². The number of hydrogen-bond acceptors (Lipinski definition) is 7. The van der Waals surface area contributed by atoms with Gasteiger partial charge in [0.15, 0.2) is 0 Å². The van der Waals surface area contributed by atoms with Crippen molar-refractivity contribution in [3.8, 4) is 0 Å². The minimum absolute atomic E-state index is 0.130. The van der Waals surface area contributed by atoms with Gasteiger partial charge in [0.1, 0.15) is 0 Å². The molecule has 0 aromatic heterocycles. The Kier molecular flexibility index (Phi) is 9.17. The third kappa shape index (κ3) is 13.6. The van der Waals surface area contributed by atoms with Crippen molar-refractivity contribution >= 4 is 9.05 Å². The third-order valence-corrected chi connectivity index (χ3v) is 10.4. The van der Waals surface area contributed by atoms with Crippen LogP contribution in [0, 0.1) is 5.92 Å². The van der Waals surface area contributed by atoms with E-state index in [0.717, 1.165) is 0 Å². The van der Waals surface area contributed by atoms with Crippen LogP contribution in [0.5, 0.6) is 0 Å². The van der Waals surface area contributed by atoms with E-state index < -0.39 is 47.9 Å². The maximum atomic E-state index is 10.4. The summed E-state index contributed by atoms with van der Waals surface area (Å²) in [6.45, 7) is 20.5. The van der Waals surface area contributed by atoms with Crippen LogP contribution >= 0.6 is 0 Å². The van der Waals surface area contributed by atoms with E-state index in [1.165, 1.54) is 0 Å². The topological polar surface area (TPSA) is 86.6 Å². The van der Waals surface area contributed by atoms with Gasteiger partial charge in [-0.15, -0.1) is 0 Å². The Morgan fingerprint density at radius 2 is 1.08 bits per heavy atom. The van der Waals surface area contributed by atoms with Crippen molar-refractivity contribution in [2.45, 2.75) is 93.0 Å². The minimum atomic E-state index is -5.35. The Morgan fingerprint density at radius 3 is 1.32 bits per heavy atom. The summed E-state index contributed by atoms with van der Waals surface area (Å²) < 4.78 is 49.9. The monoisotopic (exact) mass is 460 g/mol. The van der Waals surface area contributed by atoms with E-state index in [4.69, 9.17) is 18.6 Å². The van der Waals surface area contributed by atoms with Gasteiger partial charge in [0.05, 0.1) is 0 Å². The predicted octanol–water partition coefficient (Wildman–Crippen LogP) is 3.36.